The van der Waals surface area contributed by atoms with Crippen molar-refractivity contribution in [3.05, 3.63) is 36.4 Å². The van der Waals surface area contributed by atoms with E-state index in [0.717, 1.165) is 10.8 Å². The van der Waals surface area contributed by atoms with Crippen molar-refractivity contribution in [2.45, 2.75) is 3.74 Å². The van der Waals surface area contributed by atoms with Gasteiger partial charge in [0.2, 0.25) is 0 Å². The topological polar surface area (TPSA) is 52.3 Å². The van der Waals surface area contributed by atoms with E-state index in [0.29, 0.717) is 11.4 Å². The highest BCUT2D eigenvalue weighted by atomic mass is 79.9. The van der Waals surface area contributed by atoms with Crippen molar-refractivity contribution in [1.82, 2.24) is 0 Å². The van der Waals surface area contributed by atoms with E-state index in [4.69, 9.17) is 10.5 Å². The number of carbonyl (C=O) groups excluding carboxylic acids is 1. The van der Waals surface area contributed by atoms with Crippen molar-refractivity contribution in [3.63, 3.8) is 0 Å². The quantitative estimate of drug-likeness (QED) is 0.387. The predicted octanol–water partition coefficient (Wildman–Crippen LogP) is 3.44. The molecule has 3 nitrogen and oxygen atoms in total. The first kappa shape index (κ1) is 12.4. The van der Waals surface area contributed by atoms with Gasteiger partial charge in [-0.05, 0) is 12.1 Å². The van der Waals surface area contributed by atoms with Gasteiger partial charge in [0.25, 0.3) is 0 Å². The smallest absolute Gasteiger partial charge is 0.336 e. The van der Waals surface area contributed by atoms with Crippen LogP contribution in [0.15, 0.2) is 36.4 Å². The summed E-state index contributed by atoms with van der Waals surface area (Å²) in [5.74, 6) is 0.101. The molecule has 0 fully saturated rings. The highest BCUT2D eigenvalue weighted by Crippen LogP contribution is 2.30. The lowest BCUT2D eigenvalue weighted by Gasteiger charge is -2.09. The number of nitrogens with two attached hydrogens (primary N) is 1. The normalized spacial score (nSPS) is 10.8. The molecule has 0 atom stereocenters. The Balaban J connectivity index is 2.48. The van der Waals surface area contributed by atoms with Crippen LogP contribution in [0.25, 0.3) is 10.8 Å². The first-order chi connectivity index (χ1) is 8.09. The molecule has 2 N–H and O–H groups in total. The predicted molar refractivity (Wildman–Crippen MR) is 75.6 cm³/mol. The summed E-state index contributed by atoms with van der Waals surface area (Å²) < 4.78 is 4.73. The van der Waals surface area contributed by atoms with Gasteiger partial charge in [-0.3, -0.25) is 0 Å². The Hall–Kier alpha value is -1.07. The largest absolute Gasteiger partial charge is 0.424 e. The van der Waals surface area contributed by atoms with Crippen LogP contribution in [-0.4, -0.2) is 9.71 Å². The van der Waals surface area contributed by atoms with Crippen LogP contribution in [0.3, 0.4) is 0 Å². The summed E-state index contributed by atoms with van der Waals surface area (Å²) >= 11 is 6.19. The Labute approximate surface area is 115 Å². The maximum Gasteiger partial charge on any atom is 0.336 e. The zero-order chi connectivity index (χ0) is 12.4. The van der Waals surface area contributed by atoms with E-state index in [2.05, 4.69) is 31.9 Å². The van der Waals surface area contributed by atoms with Gasteiger partial charge in [-0.15, -0.1) is 0 Å². The van der Waals surface area contributed by atoms with Crippen LogP contribution in [0, 0.1) is 0 Å². The fraction of sp³-hybridized carbons (Fsp3) is 0.0833. The van der Waals surface area contributed by atoms with Gasteiger partial charge in [-0.25, -0.2) is 4.79 Å². The van der Waals surface area contributed by atoms with Crippen LogP contribution in [0.2, 0.25) is 0 Å². The van der Waals surface area contributed by atoms with E-state index in [-0.39, 0.29) is 0 Å². The van der Waals surface area contributed by atoms with Crippen molar-refractivity contribution in [2.24, 2.45) is 0 Å². The average molecular weight is 359 g/mol. The summed E-state index contributed by atoms with van der Waals surface area (Å²) in [7, 11) is 0. The van der Waals surface area contributed by atoms with Crippen molar-refractivity contribution in [2.75, 3.05) is 5.73 Å². The fourth-order valence-electron chi connectivity index (χ4n) is 1.54. The second kappa shape index (κ2) is 5.06. The molecule has 0 bridgehead atoms. The van der Waals surface area contributed by atoms with E-state index in [9.17, 15) is 4.79 Å². The number of nitrogen functional groups attached to an aromatic ring is 1. The lowest BCUT2D eigenvalue weighted by Crippen LogP contribution is -2.14. The number of anilines is 1. The highest BCUT2D eigenvalue weighted by molar-refractivity contribution is 9.25. The third-order valence-electron chi connectivity index (χ3n) is 2.31. The van der Waals surface area contributed by atoms with Gasteiger partial charge < -0.3 is 10.5 Å². The summed E-state index contributed by atoms with van der Waals surface area (Å²) in [6.45, 7) is 0. The van der Waals surface area contributed by atoms with E-state index in [1.54, 1.807) is 12.1 Å². The standard InChI is InChI=1S/C12H9Br2NO2/c13-11(14)12(16)17-10-6-5-9(15)7-3-1-2-4-8(7)10/h1-6,11H,15H2. The lowest BCUT2D eigenvalue weighted by atomic mass is 10.1. The first-order valence-electron chi connectivity index (χ1n) is 4.86. The van der Waals surface area contributed by atoms with Crippen molar-refractivity contribution >= 4 is 54.3 Å². The number of esters is 1. The van der Waals surface area contributed by atoms with Crippen LogP contribution in [0.1, 0.15) is 0 Å². The average Bonchev–Trinajstić information content (AvgIpc) is 2.33. The van der Waals surface area contributed by atoms with Gasteiger partial charge in [-0.1, -0.05) is 56.1 Å². The van der Waals surface area contributed by atoms with E-state index in [1.807, 2.05) is 24.3 Å². The zero-order valence-electron chi connectivity index (χ0n) is 8.69. The maximum absolute atomic E-state index is 11.5. The summed E-state index contributed by atoms with van der Waals surface area (Å²) in [4.78, 5) is 11.5. The monoisotopic (exact) mass is 357 g/mol. The van der Waals surface area contributed by atoms with Crippen LogP contribution in [-0.2, 0) is 4.79 Å². The molecule has 0 saturated carbocycles. The molecule has 0 aromatic heterocycles. The van der Waals surface area contributed by atoms with E-state index < -0.39 is 9.71 Å². The summed E-state index contributed by atoms with van der Waals surface area (Å²) in [5.41, 5.74) is 6.52. The third-order valence-corrected chi connectivity index (χ3v) is 3.05. The molecule has 2 aromatic carbocycles. The minimum absolute atomic E-state index is 0.403. The van der Waals surface area contributed by atoms with Crippen molar-refractivity contribution in [1.29, 1.82) is 0 Å². The van der Waals surface area contributed by atoms with Gasteiger partial charge >= 0.3 is 5.97 Å². The molecule has 5 heteroatoms. The van der Waals surface area contributed by atoms with Crippen LogP contribution in [0.4, 0.5) is 5.69 Å². The SMILES string of the molecule is Nc1ccc(OC(=O)C(Br)Br)c2ccccc12. The number of carbonyl (C=O) groups is 1. The molecule has 17 heavy (non-hydrogen) atoms. The number of hydrogen-bond acceptors (Lipinski definition) is 3. The third kappa shape index (κ3) is 2.61. The molecule has 2 aromatic rings. The molecule has 2 rings (SSSR count). The first-order valence-corrected chi connectivity index (χ1v) is 6.70. The Morgan fingerprint density at radius 1 is 1.12 bits per heavy atom. The molecule has 0 amide bonds. The van der Waals surface area contributed by atoms with Crippen LogP contribution >= 0.6 is 31.9 Å². The van der Waals surface area contributed by atoms with Crippen LogP contribution in [0.5, 0.6) is 5.75 Å². The minimum atomic E-state index is -0.522. The zero-order valence-corrected chi connectivity index (χ0v) is 11.9. The van der Waals surface area contributed by atoms with E-state index in [1.165, 1.54) is 0 Å². The van der Waals surface area contributed by atoms with Gasteiger partial charge in [-0.2, -0.15) is 0 Å². The molecular weight excluding hydrogens is 350 g/mol. The molecule has 88 valence electrons. The second-order valence-electron chi connectivity index (χ2n) is 3.42. The number of fused-ring (bicyclic) bond motifs is 1. The Kier molecular flexibility index (Phi) is 3.69. The molecule has 0 unspecified atom stereocenters. The Morgan fingerprint density at radius 3 is 2.41 bits per heavy atom. The molecule has 0 heterocycles. The molecular formula is C12H9Br2NO2. The number of ether oxygens (including phenoxy) is 1. The lowest BCUT2D eigenvalue weighted by molar-refractivity contribution is -0.131. The fourth-order valence-corrected chi connectivity index (χ4v) is 1.72. The Bertz CT molecular complexity index is 569. The number of rotatable bonds is 2. The van der Waals surface area contributed by atoms with E-state index >= 15 is 0 Å². The van der Waals surface area contributed by atoms with Crippen molar-refractivity contribution in [3.8, 4) is 5.75 Å². The maximum atomic E-state index is 11.5. The summed E-state index contributed by atoms with van der Waals surface area (Å²) in [6.07, 6.45) is 0. The number of halogens is 2. The van der Waals surface area contributed by atoms with Gasteiger partial charge in [0.05, 0.1) is 0 Å². The molecule has 0 saturated heterocycles. The molecule has 0 radical (unpaired) electrons. The number of hydrogen-bond donors (Lipinski definition) is 1. The second-order valence-corrected chi connectivity index (χ2v) is 6.48. The molecule has 0 spiro atoms. The summed E-state index contributed by atoms with van der Waals surface area (Å²) in [5, 5.41) is 1.69. The summed E-state index contributed by atoms with van der Waals surface area (Å²) in [6, 6.07) is 10.9. The van der Waals surface area contributed by atoms with Crippen molar-refractivity contribution < 1.29 is 9.53 Å². The molecule has 0 aliphatic heterocycles. The number of alkyl halides is 2. The Morgan fingerprint density at radius 2 is 1.76 bits per heavy atom. The van der Waals surface area contributed by atoms with Crippen LogP contribution < -0.4 is 10.5 Å². The number of benzene rings is 2. The van der Waals surface area contributed by atoms with Gasteiger partial charge in [0.15, 0.2) is 3.74 Å². The molecule has 0 aliphatic rings. The minimum Gasteiger partial charge on any atom is -0.424 e. The molecule has 0 aliphatic carbocycles. The van der Waals surface area contributed by atoms with Gasteiger partial charge in [0.1, 0.15) is 5.75 Å². The van der Waals surface area contributed by atoms with Gasteiger partial charge in [0, 0.05) is 16.5 Å². The highest BCUT2D eigenvalue weighted by Gasteiger charge is 2.15.